The molecule has 0 aromatic rings. The van der Waals surface area contributed by atoms with Crippen LogP contribution in [0.5, 0.6) is 0 Å². The summed E-state index contributed by atoms with van der Waals surface area (Å²) in [7, 11) is 3.94. The highest BCUT2D eigenvalue weighted by Crippen LogP contribution is 1.94. The Labute approximate surface area is 67.7 Å². The fourth-order valence-electron chi connectivity index (χ4n) is 0.754. The van der Waals surface area contributed by atoms with Gasteiger partial charge in [-0.05, 0) is 20.5 Å². The van der Waals surface area contributed by atoms with Crippen molar-refractivity contribution in [3.63, 3.8) is 0 Å². The molecular formula is C6H15N3S. The fraction of sp³-hybridized carbons (Fsp3) is 0.833. The zero-order valence-electron chi connectivity index (χ0n) is 6.68. The van der Waals surface area contributed by atoms with Gasteiger partial charge in [0.15, 0.2) is 5.17 Å². The molecule has 3 nitrogen and oxygen atoms in total. The van der Waals surface area contributed by atoms with E-state index < -0.39 is 0 Å². The van der Waals surface area contributed by atoms with E-state index in [1.807, 2.05) is 19.0 Å². The van der Waals surface area contributed by atoms with Crippen molar-refractivity contribution in [1.82, 2.24) is 10.2 Å². The second-order valence-corrected chi connectivity index (χ2v) is 2.83. The molecule has 0 radical (unpaired) electrons. The smallest absolute Gasteiger partial charge is 0.151 e. The molecule has 10 heavy (non-hydrogen) atoms. The molecule has 0 saturated carbocycles. The van der Waals surface area contributed by atoms with Crippen LogP contribution in [0.1, 0.15) is 13.3 Å². The van der Waals surface area contributed by atoms with Crippen LogP contribution in [0, 0.1) is 5.41 Å². The molecule has 0 amide bonds. The predicted molar refractivity (Wildman–Crippen MR) is 47.6 cm³/mol. The lowest BCUT2D eigenvalue weighted by Crippen LogP contribution is -2.42. The summed E-state index contributed by atoms with van der Waals surface area (Å²) >= 11 is 3.83. The highest BCUT2D eigenvalue weighted by molar-refractivity contribution is 7.96. The lowest BCUT2D eigenvalue weighted by Gasteiger charge is -2.23. The van der Waals surface area contributed by atoms with Gasteiger partial charge in [0.2, 0.25) is 0 Å². The highest BCUT2D eigenvalue weighted by atomic mass is 32.1. The van der Waals surface area contributed by atoms with Gasteiger partial charge in [-0.25, -0.2) is 0 Å². The molecule has 1 unspecified atom stereocenters. The Morgan fingerprint density at radius 2 is 2.20 bits per heavy atom. The van der Waals surface area contributed by atoms with Crippen molar-refractivity contribution in [2.75, 3.05) is 14.1 Å². The quantitative estimate of drug-likeness (QED) is 0.247. The van der Waals surface area contributed by atoms with Crippen LogP contribution in [0.2, 0.25) is 0 Å². The van der Waals surface area contributed by atoms with Crippen molar-refractivity contribution >= 4 is 17.8 Å². The zero-order chi connectivity index (χ0) is 8.15. The number of hydrogen-bond acceptors (Lipinski definition) is 2. The summed E-state index contributed by atoms with van der Waals surface area (Å²) in [6, 6.07) is 0. The Balaban J connectivity index is 3.71. The van der Waals surface area contributed by atoms with Gasteiger partial charge in [0.05, 0.1) is 6.17 Å². The second-order valence-electron chi connectivity index (χ2n) is 2.38. The van der Waals surface area contributed by atoms with Crippen molar-refractivity contribution in [1.29, 1.82) is 5.41 Å². The van der Waals surface area contributed by atoms with Crippen LogP contribution in [-0.2, 0) is 0 Å². The molecule has 2 N–H and O–H groups in total. The lowest BCUT2D eigenvalue weighted by atomic mass is 10.3. The molecule has 0 bridgehead atoms. The Kier molecular flexibility index (Phi) is 4.47. The molecule has 60 valence electrons. The monoisotopic (exact) mass is 161 g/mol. The van der Waals surface area contributed by atoms with E-state index in [2.05, 4.69) is 24.9 Å². The Morgan fingerprint density at radius 1 is 1.70 bits per heavy atom. The molecule has 0 spiro atoms. The normalized spacial score (nSPS) is 13.3. The maximum atomic E-state index is 7.05. The molecule has 0 aliphatic heterocycles. The number of hydrogen-bond donors (Lipinski definition) is 3. The SMILES string of the molecule is CCC(NC(=N)S)N(C)C. The van der Waals surface area contributed by atoms with Crippen LogP contribution < -0.4 is 5.32 Å². The molecule has 1 atom stereocenters. The number of rotatable bonds is 3. The average Bonchev–Trinajstić information content (AvgIpc) is 1.81. The predicted octanol–water partition coefficient (Wildman–Crippen LogP) is 0.738. The van der Waals surface area contributed by atoms with E-state index in [1.165, 1.54) is 0 Å². The molecule has 0 aliphatic rings. The van der Waals surface area contributed by atoms with Crippen molar-refractivity contribution < 1.29 is 0 Å². The minimum atomic E-state index is 0.223. The summed E-state index contributed by atoms with van der Waals surface area (Å²) in [5.74, 6) is 0. The van der Waals surface area contributed by atoms with Gasteiger partial charge in [-0.3, -0.25) is 10.3 Å². The molecule has 0 fully saturated rings. The van der Waals surface area contributed by atoms with Gasteiger partial charge in [0, 0.05) is 0 Å². The first kappa shape index (κ1) is 9.78. The molecule has 0 saturated heterocycles. The van der Waals surface area contributed by atoms with E-state index in [4.69, 9.17) is 5.41 Å². The third kappa shape index (κ3) is 3.74. The average molecular weight is 161 g/mol. The zero-order valence-corrected chi connectivity index (χ0v) is 7.57. The second kappa shape index (κ2) is 4.57. The standard InChI is InChI=1S/C6H15N3S/c1-4-5(9(2)3)8-6(7)10/h5H,4H2,1-3H3,(H3,7,8,10). The van der Waals surface area contributed by atoms with Crippen LogP contribution in [0.25, 0.3) is 0 Å². The van der Waals surface area contributed by atoms with E-state index >= 15 is 0 Å². The van der Waals surface area contributed by atoms with E-state index in [9.17, 15) is 0 Å². The van der Waals surface area contributed by atoms with Crippen LogP contribution >= 0.6 is 12.6 Å². The van der Waals surface area contributed by atoms with E-state index in [0.29, 0.717) is 0 Å². The maximum absolute atomic E-state index is 7.05. The Morgan fingerprint density at radius 3 is 2.30 bits per heavy atom. The Bertz CT molecular complexity index is 114. The third-order valence-corrected chi connectivity index (χ3v) is 1.44. The van der Waals surface area contributed by atoms with Gasteiger partial charge in [-0.1, -0.05) is 6.92 Å². The minimum Gasteiger partial charge on any atom is -0.350 e. The van der Waals surface area contributed by atoms with Crippen LogP contribution in [0.15, 0.2) is 0 Å². The summed E-state index contributed by atoms with van der Waals surface area (Å²) in [6.45, 7) is 2.06. The number of thiol groups is 1. The minimum absolute atomic E-state index is 0.223. The first-order valence-corrected chi connectivity index (χ1v) is 3.73. The first-order chi connectivity index (χ1) is 4.57. The molecule has 0 rings (SSSR count). The number of nitrogens with zero attached hydrogens (tertiary/aromatic N) is 1. The van der Waals surface area contributed by atoms with Crippen molar-refractivity contribution in [3.05, 3.63) is 0 Å². The van der Waals surface area contributed by atoms with Gasteiger partial charge in [-0.2, -0.15) is 0 Å². The fourth-order valence-corrected chi connectivity index (χ4v) is 0.903. The lowest BCUT2D eigenvalue weighted by molar-refractivity contribution is 0.269. The summed E-state index contributed by atoms with van der Waals surface area (Å²) in [6.07, 6.45) is 1.20. The highest BCUT2D eigenvalue weighted by Gasteiger charge is 2.06. The molecular weight excluding hydrogens is 146 g/mol. The van der Waals surface area contributed by atoms with Gasteiger partial charge in [0.25, 0.3) is 0 Å². The van der Waals surface area contributed by atoms with Crippen molar-refractivity contribution in [2.24, 2.45) is 0 Å². The molecule has 0 heterocycles. The summed E-state index contributed by atoms with van der Waals surface area (Å²) in [5, 5.41) is 10.2. The van der Waals surface area contributed by atoms with Crippen LogP contribution in [0.3, 0.4) is 0 Å². The molecule has 0 aromatic heterocycles. The number of amidine groups is 1. The Hall–Kier alpha value is -0.220. The van der Waals surface area contributed by atoms with Gasteiger partial charge < -0.3 is 5.32 Å². The first-order valence-electron chi connectivity index (χ1n) is 3.28. The maximum Gasteiger partial charge on any atom is 0.151 e. The van der Waals surface area contributed by atoms with E-state index in [1.54, 1.807) is 0 Å². The van der Waals surface area contributed by atoms with E-state index in [0.717, 1.165) is 6.42 Å². The third-order valence-electron chi connectivity index (χ3n) is 1.31. The van der Waals surface area contributed by atoms with Gasteiger partial charge in [0.1, 0.15) is 0 Å². The van der Waals surface area contributed by atoms with Crippen molar-refractivity contribution in [2.45, 2.75) is 19.5 Å². The molecule has 0 aromatic carbocycles. The summed E-state index contributed by atoms with van der Waals surface area (Å²) in [4.78, 5) is 2.02. The molecule has 4 heteroatoms. The van der Waals surface area contributed by atoms with Gasteiger partial charge >= 0.3 is 0 Å². The topological polar surface area (TPSA) is 39.1 Å². The van der Waals surface area contributed by atoms with Gasteiger partial charge in [-0.15, -0.1) is 12.6 Å². The van der Waals surface area contributed by atoms with Crippen LogP contribution in [-0.4, -0.2) is 30.3 Å². The van der Waals surface area contributed by atoms with Crippen molar-refractivity contribution in [3.8, 4) is 0 Å². The summed E-state index contributed by atoms with van der Waals surface area (Å²) in [5.41, 5.74) is 0. The molecule has 0 aliphatic carbocycles. The van der Waals surface area contributed by atoms with Crippen LogP contribution in [0.4, 0.5) is 0 Å². The number of nitrogens with one attached hydrogen (secondary N) is 2. The van der Waals surface area contributed by atoms with E-state index in [-0.39, 0.29) is 11.3 Å². The summed E-state index contributed by atoms with van der Waals surface area (Å²) < 4.78 is 0. The largest absolute Gasteiger partial charge is 0.350 e.